The number of rotatable bonds is 1. The number of hydrogen-bond donors (Lipinski definition) is 0. The van der Waals surface area contributed by atoms with Crippen LogP contribution >= 0.6 is 0 Å². The predicted octanol–water partition coefficient (Wildman–Crippen LogP) is 2.46. The first kappa shape index (κ1) is 12.2. The molecule has 0 atom stereocenters. The monoisotopic (exact) mass is 236 g/mol. The molecule has 0 aromatic heterocycles. The van der Waals surface area contributed by atoms with Gasteiger partial charge in [0.1, 0.15) is 0 Å². The summed E-state index contributed by atoms with van der Waals surface area (Å²) in [5.74, 6) is 0. The van der Waals surface area contributed by atoms with E-state index in [-0.39, 0.29) is 13.1 Å². The number of hydrogen-bond acceptors (Lipinski definition) is 2. The highest BCUT2D eigenvalue weighted by atomic mass is 19.4. The molecule has 0 aromatic rings. The second kappa shape index (κ2) is 4.92. The van der Waals surface area contributed by atoms with E-state index in [9.17, 15) is 13.2 Å². The number of halogens is 3. The van der Waals surface area contributed by atoms with Crippen molar-refractivity contribution in [2.24, 2.45) is 0 Å². The van der Waals surface area contributed by atoms with E-state index in [2.05, 4.69) is 4.90 Å². The lowest BCUT2D eigenvalue weighted by molar-refractivity contribution is -0.253. The molecule has 1 heterocycles. The highest BCUT2D eigenvalue weighted by Crippen LogP contribution is 2.26. The summed E-state index contributed by atoms with van der Waals surface area (Å²) in [6.45, 7) is 1.42. The van der Waals surface area contributed by atoms with E-state index in [1.54, 1.807) is 0 Å². The Morgan fingerprint density at radius 2 is 1.38 bits per heavy atom. The van der Waals surface area contributed by atoms with Gasteiger partial charge in [0, 0.05) is 32.2 Å². The van der Waals surface area contributed by atoms with Gasteiger partial charge in [-0.25, -0.2) is 4.90 Å². The molecule has 5 heteroatoms. The normalized spacial score (nSPS) is 27.2. The van der Waals surface area contributed by atoms with Gasteiger partial charge in [0.2, 0.25) is 0 Å². The molecule has 2 nitrogen and oxygen atoms in total. The van der Waals surface area contributed by atoms with Crippen LogP contribution in [0.15, 0.2) is 0 Å². The Balaban J connectivity index is 1.80. The first-order valence-corrected chi connectivity index (χ1v) is 6.13. The van der Waals surface area contributed by atoms with E-state index in [1.165, 1.54) is 32.1 Å². The summed E-state index contributed by atoms with van der Waals surface area (Å²) in [5, 5.41) is 0. The third kappa shape index (κ3) is 2.88. The average molecular weight is 236 g/mol. The summed E-state index contributed by atoms with van der Waals surface area (Å²) in [4.78, 5) is 2.88. The zero-order valence-corrected chi connectivity index (χ0v) is 9.47. The highest BCUT2D eigenvalue weighted by Gasteiger charge is 2.39. The Morgan fingerprint density at radius 1 is 0.812 bits per heavy atom. The summed E-state index contributed by atoms with van der Waals surface area (Å²) >= 11 is 0. The van der Waals surface area contributed by atoms with Gasteiger partial charge in [-0.15, -0.1) is 0 Å². The second-order valence-electron chi connectivity index (χ2n) is 4.78. The highest BCUT2D eigenvalue weighted by molar-refractivity contribution is 4.81. The van der Waals surface area contributed by atoms with Crippen molar-refractivity contribution in [3.63, 3.8) is 0 Å². The minimum Gasteiger partial charge on any atom is -0.298 e. The van der Waals surface area contributed by atoms with Crippen LogP contribution in [0.2, 0.25) is 0 Å². The fourth-order valence-corrected chi connectivity index (χ4v) is 2.79. The van der Waals surface area contributed by atoms with Gasteiger partial charge in [0.25, 0.3) is 0 Å². The quantitative estimate of drug-likeness (QED) is 0.645. The van der Waals surface area contributed by atoms with Gasteiger partial charge in [-0.1, -0.05) is 19.3 Å². The SMILES string of the molecule is FC(F)(F)N1CCN(C2CCCCC2)CC1. The molecule has 1 aliphatic carbocycles. The topological polar surface area (TPSA) is 6.48 Å². The molecular weight excluding hydrogens is 217 g/mol. The predicted molar refractivity (Wildman–Crippen MR) is 56.1 cm³/mol. The van der Waals surface area contributed by atoms with E-state index in [0.717, 1.165) is 0 Å². The molecule has 0 aromatic carbocycles. The van der Waals surface area contributed by atoms with Crippen LogP contribution in [0.5, 0.6) is 0 Å². The van der Waals surface area contributed by atoms with Crippen molar-refractivity contribution >= 4 is 0 Å². The smallest absolute Gasteiger partial charge is 0.298 e. The lowest BCUT2D eigenvalue weighted by Gasteiger charge is -2.41. The first-order chi connectivity index (χ1) is 7.57. The van der Waals surface area contributed by atoms with Gasteiger partial charge in [-0.05, 0) is 12.8 Å². The molecule has 0 spiro atoms. The van der Waals surface area contributed by atoms with Gasteiger partial charge in [-0.3, -0.25) is 4.90 Å². The Morgan fingerprint density at radius 3 is 1.88 bits per heavy atom. The fraction of sp³-hybridized carbons (Fsp3) is 1.00. The standard InChI is InChI=1S/C11H19F3N2/c12-11(13,14)16-8-6-15(7-9-16)10-4-2-1-3-5-10/h10H,1-9H2. The Bertz CT molecular complexity index is 216. The molecule has 2 fully saturated rings. The molecule has 1 saturated carbocycles. The molecule has 0 N–H and O–H groups in total. The molecule has 2 rings (SSSR count). The van der Waals surface area contributed by atoms with Crippen molar-refractivity contribution in [2.75, 3.05) is 26.2 Å². The molecule has 1 aliphatic heterocycles. The first-order valence-electron chi connectivity index (χ1n) is 6.13. The molecular formula is C11H19F3N2. The molecule has 0 amide bonds. The third-order valence-electron chi connectivity index (χ3n) is 3.76. The van der Waals surface area contributed by atoms with Crippen LogP contribution in [0.4, 0.5) is 13.2 Å². The maximum atomic E-state index is 12.4. The summed E-state index contributed by atoms with van der Waals surface area (Å²) in [5.41, 5.74) is 0. The molecule has 0 radical (unpaired) electrons. The van der Waals surface area contributed by atoms with Crippen molar-refractivity contribution in [3.05, 3.63) is 0 Å². The number of nitrogens with zero attached hydrogens (tertiary/aromatic N) is 2. The van der Waals surface area contributed by atoms with Crippen LogP contribution in [0, 0.1) is 0 Å². The second-order valence-corrected chi connectivity index (χ2v) is 4.78. The summed E-state index contributed by atoms with van der Waals surface area (Å²) in [6.07, 6.45) is 1.98. The lowest BCUT2D eigenvalue weighted by atomic mass is 9.94. The minimum atomic E-state index is -4.14. The van der Waals surface area contributed by atoms with E-state index in [1.807, 2.05) is 0 Å². The van der Waals surface area contributed by atoms with Gasteiger partial charge < -0.3 is 0 Å². The molecule has 0 unspecified atom stereocenters. The van der Waals surface area contributed by atoms with Crippen LogP contribution in [-0.2, 0) is 0 Å². The maximum absolute atomic E-state index is 12.4. The van der Waals surface area contributed by atoms with Gasteiger partial charge in [0.05, 0.1) is 0 Å². The Kier molecular flexibility index (Phi) is 3.74. The van der Waals surface area contributed by atoms with E-state index >= 15 is 0 Å². The minimum absolute atomic E-state index is 0.139. The van der Waals surface area contributed by atoms with Crippen molar-refractivity contribution < 1.29 is 13.2 Å². The summed E-state index contributed by atoms with van der Waals surface area (Å²) < 4.78 is 37.3. The fourth-order valence-electron chi connectivity index (χ4n) is 2.79. The maximum Gasteiger partial charge on any atom is 0.460 e. The van der Waals surface area contributed by atoms with Crippen LogP contribution in [-0.4, -0.2) is 48.3 Å². The van der Waals surface area contributed by atoms with Crippen molar-refractivity contribution in [2.45, 2.75) is 44.4 Å². The molecule has 0 bridgehead atoms. The van der Waals surface area contributed by atoms with Crippen molar-refractivity contribution in [1.82, 2.24) is 9.80 Å². The average Bonchev–Trinajstić information content (AvgIpc) is 2.29. The van der Waals surface area contributed by atoms with Crippen LogP contribution in [0.1, 0.15) is 32.1 Å². The van der Waals surface area contributed by atoms with Crippen LogP contribution in [0.25, 0.3) is 0 Å². The number of alkyl halides is 3. The van der Waals surface area contributed by atoms with E-state index in [4.69, 9.17) is 0 Å². The van der Waals surface area contributed by atoms with Crippen molar-refractivity contribution in [1.29, 1.82) is 0 Å². The zero-order valence-electron chi connectivity index (χ0n) is 9.47. The number of piperazine rings is 1. The van der Waals surface area contributed by atoms with Crippen molar-refractivity contribution in [3.8, 4) is 0 Å². The van der Waals surface area contributed by atoms with Gasteiger partial charge in [-0.2, -0.15) is 13.2 Å². The van der Waals surface area contributed by atoms with E-state index < -0.39 is 6.30 Å². The Hall–Kier alpha value is -0.290. The van der Waals surface area contributed by atoms with E-state index in [0.29, 0.717) is 24.0 Å². The molecule has 16 heavy (non-hydrogen) atoms. The van der Waals surface area contributed by atoms with Crippen LogP contribution < -0.4 is 0 Å². The molecule has 1 saturated heterocycles. The van der Waals surface area contributed by atoms with Crippen LogP contribution in [0.3, 0.4) is 0 Å². The third-order valence-corrected chi connectivity index (χ3v) is 3.76. The summed E-state index contributed by atoms with van der Waals surface area (Å²) in [6, 6.07) is 0.545. The molecule has 94 valence electrons. The molecule has 2 aliphatic rings. The lowest BCUT2D eigenvalue weighted by Crippen LogP contribution is -2.54. The zero-order chi connectivity index (χ0) is 11.6. The summed E-state index contributed by atoms with van der Waals surface area (Å²) in [7, 11) is 0. The van der Waals surface area contributed by atoms with Gasteiger partial charge >= 0.3 is 6.30 Å². The Labute approximate surface area is 94.4 Å². The largest absolute Gasteiger partial charge is 0.460 e. The van der Waals surface area contributed by atoms with Gasteiger partial charge in [0.15, 0.2) is 0 Å².